The lowest BCUT2D eigenvalue weighted by Gasteiger charge is -2.21. The average Bonchev–Trinajstić information content (AvgIpc) is 2.55. The molecule has 4 heteroatoms. The molecule has 0 bridgehead atoms. The van der Waals surface area contributed by atoms with Crippen molar-refractivity contribution < 1.29 is 9.00 Å². The number of benzene rings is 2. The molecule has 116 valence electrons. The fraction of sp³-hybridized carbons (Fsp3) is 0.278. The van der Waals surface area contributed by atoms with Crippen LogP contribution >= 0.6 is 0 Å². The molecule has 2 atom stereocenters. The summed E-state index contributed by atoms with van der Waals surface area (Å²) in [5, 5.41) is -0.537. The number of para-hydroxylation sites is 1. The minimum Gasteiger partial charge on any atom is -0.314 e. The van der Waals surface area contributed by atoms with Gasteiger partial charge < -0.3 is 4.90 Å². The first-order valence-electron chi connectivity index (χ1n) is 7.25. The van der Waals surface area contributed by atoms with Gasteiger partial charge in [0, 0.05) is 29.3 Å². The lowest BCUT2D eigenvalue weighted by Crippen LogP contribution is -2.37. The summed E-state index contributed by atoms with van der Waals surface area (Å²) in [5.74, 6) is 0.278. The van der Waals surface area contributed by atoms with Crippen molar-refractivity contribution in [3.63, 3.8) is 0 Å². The summed E-state index contributed by atoms with van der Waals surface area (Å²) in [4.78, 5) is 14.1. The number of aryl methyl sites for hydroxylation is 1. The minimum absolute atomic E-state index is 0.127. The van der Waals surface area contributed by atoms with Crippen LogP contribution in [0.4, 0.5) is 5.69 Å². The van der Waals surface area contributed by atoms with Gasteiger partial charge in [0.1, 0.15) is 5.25 Å². The maximum Gasteiger partial charge on any atom is 0.242 e. The van der Waals surface area contributed by atoms with E-state index in [-0.39, 0.29) is 5.91 Å². The molecular formula is C18H21NO2S. The molecule has 0 aliphatic rings. The van der Waals surface area contributed by atoms with Gasteiger partial charge in [0.25, 0.3) is 0 Å². The first kappa shape index (κ1) is 16.4. The van der Waals surface area contributed by atoms with Crippen LogP contribution in [0.25, 0.3) is 0 Å². The Bertz CT molecular complexity index is 670. The number of carbonyl (C=O) groups is 1. The van der Waals surface area contributed by atoms with Gasteiger partial charge in [-0.05, 0) is 37.1 Å². The maximum atomic E-state index is 12.5. The Morgan fingerprint density at radius 3 is 2.32 bits per heavy atom. The molecule has 0 radical (unpaired) electrons. The van der Waals surface area contributed by atoms with Crippen molar-refractivity contribution in [3.8, 4) is 0 Å². The van der Waals surface area contributed by atoms with Crippen molar-refractivity contribution >= 4 is 22.4 Å². The van der Waals surface area contributed by atoms with Crippen molar-refractivity contribution in [1.29, 1.82) is 0 Å². The second kappa shape index (κ2) is 7.36. The summed E-state index contributed by atoms with van der Waals surface area (Å²) in [6.07, 6.45) is 0. The first-order chi connectivity index (χ1) is 10.5. The fourth-order valence-corrected chi connectivity index (χ4v) is 3.48. The van der Waals surface area contributed by atoms with E-state index in [9.17, 15) is 9.00 Å². The van der Waals surface area contributed by atoms with Gasteiger partial charge in [-0.2, -0.15) is 0 Å². The predicted molar refractivity (Wildman–Crippen MR) is 92.3 cm³/mol. The first-order valence-corrected chi connectivity index (χ1v) is 8.63. The molecule has 0 aliphatic carbocycles. The molecule has 1 amide bonds. The molecule has 2 aromatic rings. The normalized spacial score (nSPS) is 13.4. The molecule has 22 heavy (non-hydrogen) atoms. The number of carbonyl (C=O) groups excluding carboxylic acids is 1. The Balaban J connectivity index is 2.07. The van der Waals surface area contributed by atoms with Crippen molar-refractivity contribution in [1.82, 2.24) is 0 Å². The molecule has 0 aromatic heterocycles. The Labute approximate surface area is 134 Å². The summed E-state index contributed by atoms with van der Waals surface area (Å²) >= 11 is 0. The molecule has 3 nitrogen and oxygen atoms in total. The largest absolute Gasteiger partial charge is 0.314 e. The SMILES string of the molecule is Cc1ccccc1C[S@](=O)[C@@H](C)C(=O)N(C)c1ccccc1. The zero-order valence-corrected chi connectivity index (χ0v) is 14.0. The number of anilines is 1. The van der Waals surface area contributed by atoms with Crippen molar-refractivity contribution in [2.45, 2.75) is 24.9 Å². The standard InChI is InChI=1S/C18H21NO2S/c1-14-9-7-8-10-16(14)13-22(21)15(2)18(20)19(3)17-11-5-4-6-12-17/h4-12,15H,13H2,1-3H3/t15-,22-/m0/s1. The molecule has 0 saturated carbocycles. The van der Waals surface area contributed by atoms with E-state index in [4.69, 9.17) is 0 Å². The maximum absolute atomic E-state index is 12.5. The van der Waals surface area contributed by atoms with E-state index in [2.05, 4.69) is 0 Å². The molecule has 0 N–H and O–H groups in total. The molecule has 0 saturated heterocycles. The van der Waals surface area contributed by atoms with Crippen LogP contribution in [0.1, 0.15) is 18.1 Å². The highest BCUT2D eigenvalue weighted by molar-refractivity contribution is 7.85. The van der Waals surface area contributed by atoms with Crippen LogP contribution in [0.2, 0.25) is 0 Å². The van der Waals surface area contributed by atoms with E-state index in [1.807, 2.05) is 61.5 Å². The van der Waals surface area contributed by atoms with Crippen molar-refractivity contribution in [2.75, 3.05) is 11.9 Å². The van der Waals surface area contributed by atoms with Gasteiger partial charge in [0.05, 0.1) is 0 Å². The minimum atomic E-state index is -1.24. The van der Waals surface area contributed by atoms with Crippen LogP contribution in [0, 0.1) is 6.92 Å². The van der Waals surface area contributed by atoms with Crippen LogP contribution in [-0.4, -0.2) is 22.4 Å². The second-order valence-electron chi connectivity index (χ2n) is 5.33. The number of amides is 1. The second-order valence-corrected chi connectivity index (χ2v) is 7.08. The Hall–Kier alpha value is -1.94. The van der Waals surface area contributed by atoms with E-state index < -0.39 is 16.0 Å². The lowest BCUT2D eigenvalue weighted by molar-refractivity contribution is -0.117. The topological polar surface area (TPSA) is 37.4 Å². The molecule has 0 fully saturated rings. The Kier molecular flexibility index (Phi) is 5.50. The number of hydrogen-bond acceptors (Lipinski definition) is 2. The third-order valence-corrected chi connectivity index (χ3v) is 5.36. The van der Waals surface area contributed by atoms with Crippen LogP contribution in [0.3, 0.4) is 0 Å². The van der Waals surface area contributed by atoms with Crippen LogP contribution < -0.4 is 4.90 Å². The Morgan fingerprint density at radius 1 is 1.09 bits per heavy atom. The summed E-state index contributed by atoms with van der Waals surface area (Å²) < 4.78 is 12.5. The average molecular weight is 315 g/mol. The summed E-state index contributed by atoms with van der Waals surface area (Å²) in [5.41, 5.74) is 2.95. The van der Waals surface area contributed by atoms with Gasteiger partial charge in [-0.1, -0.05) is 42.5 Å². The number of nitrogens with zero attached hydrogens (tertiary/aromatic N) is 1. The van der Waals surface area contributed by atoms with Gasteiger partial charge in [-0.25, -0.2) is 0 Å². The van der Waals surface area contributed by atoms with Gasteiger partial charge in [0.15, 0.2) is 0 Å². The molecule has 0 unspecified atom stereocenters. The molecule has 0 heterocycles. The monoisotopic (exact) mass is 315 g/mol. The van der Waals surface area contributed by atoms with Gasteiger partial charge in [0.2, 0.25) is 5.91 Å². The van der Waals surface area contributed by atoms with Gasteiger partial charge in [-0.3, -0.25) is 9.00 Å². The zero-order valence-electron chi connectivity index (χ0n) is 13.2. The molecule has 0 aliphatic heterocycles. The van der Waals surface area contributed by atoms with E-state index >= 15 is 0 Å². The fourth-order valence-electron chi connectivity index (χ4n) is 2.21. The van der Waals surface area contributed by atoms with E-state index in [0.29, 0.717) is 5.75 Å². The molecule has 0 spiro atoms. The highest BCUT2D eigenvalue weighted by Crippen LogP contribution is 2.16. The van der Waals surface area contributed by atoms with E-state index in [0.717, 1.165) is 16.8 Å². The third-order valence-electron chi connectivity index (χ3n) is 3.78. The van der Waals surface area contributed by atoms with Crippen LogP contribution in [-0.2, 0) is 21.3 Å². The molecule has 2 aromatic carbocycles. The van der Waals surface area contributed by atoms with Crippen LogP contribution in [0.15, 0.2) is 54.6 Å². The number of hydrogen-bond donors (Lipinski definition) is 0. The number of rotatable bonds is 5. The van der Waals surface area contributed by atoms with Gasteiger partial charge in [-0.15, -0.1) is 0 Å². The summed E-state index contributed by atoms with van der Waals surface area (Å²) in [6, 6.07) is 17.3. The zero-order chi connectivity index (χ0) is 16.1. The summed E-state index contributed by atoms with van der Waals surface area (Å²) in [6.45, 7) is 3.73. The van der Waals surface area contributed by atoms with Crippen molar-refractivity contribution in [3.05, 3.63) is 65.7 Å². The highest BCUT2D eigenvalue weighted by atomic mass is 32.2. The van der Waals surface area contributed by atoms with E-state index in [1.54, 1.807) is 18.9 Å². The molecule has 2 rings (SSSR count). The van der Waals surface area contributed by atoms with Crippen molar-refractivity contribution in [2.24, 2.45) is 0 Å². The quantitative estimate of drug-likeness (QED) is 0.849. The lowest BCUT2D eigenvalue weighted by atomic mass is 10.1. The Morgan fingerprint density at radius 2 is 1.68 bits per heavy atom. The summed E-state index contributed by atoms with van der Waals surface area (Å²) in [7, 11) is 0.480. The predicted octanol–water partition coefficient (Wildman–Crippen LogP) is 3.30. The third kappa shape index (κ3) is 3.83. The highest BCUT2D eigenvalue weighted by Gasteiger charge is 2.24. The smallest absolute Gasteiger partial charge is 0.242 e. The molecular weight excluding hydrogens is 294 g/mol. The van der Waals surface area contributed by atoms with Crippen LogP contribution in [0.5, 0.6) is 0 Å². The van der Waals surface area contributed by atoms with Gasteiger partial charge >= 0.3 is 0 Å². The van der Waals surface area contributed by atoms with E-state index in [1.165, 1.54) is 0 Å².